The third-order valence-corrected chi connectivity index (χ3v) is 4.05. The second-order valence-corrected chi connectivity index (χ2v) is 5.45. The number of amides is 1. The van der Waals surface area contributed by atoms with Gasteiger partial charge in [0.25, 0.3) is 0 Å². The van der Waals surface area contributed by atoms with Gasteiger partial charge in [0.05, 0.1) is 11.9 Å². The van der Waals surface area contributed by atoms with Gasteiger partial charge in [-0.15, -0.1) is 5.10 Å². The van der Waals surface area contributed by atoms with E-state index >= 15 is 0 Å². The third kappa shape index (κ3) is 3.32. The van der Waals surface area contributed by atoms with Gasteiger partial charge in [-0.2, -0.15) is 0 Å². The Morgan fingerprint density at radius 1 is 1.53 bits per heavy atom. The largest absolute Gasteiger partial charge is 0.341 e. The molecule has 2 atom stereocenters. The van der Waals surface area contributed by atoms with Crippen LogP contribution >= 0.6 is 0 Å². The molecule has 2 N–H and O–H groups in total. The van der Waals surface area contributed by atoms with Crippen LogP contribution in [0.2, 0.25) is 0 Å². The molecule has 1 fully saturated rings. The molecule has 1 heterocycles. The first-order valence-electron chi connectivity index (χ1n) is 6.96. The minimum Gasteiger partial charge on any atom is -0.341 e. The van der Waals surface area contributed by atoms with Crippen LogP contribution in [0.3, 0.4) is 0 Å². The topological polar surface area (TPSA) is 77.0 Å². The van der Waals surface area contributed by atoms with Crippen molar-refractivity contribution >= 4 is 5.91 Å². The molecule has 0 aliphatic heterocycles. The number of nitrogens with two attached hydrogens (primary N) is 1. The summed E-state index contributed by atoms with van der Waals surface area (Å²) in [4.78, 5) is 14.1. The lowest BCUT2D eigenvalue weighted by atomic mass is 9.85. The normalized spacial score (nSPS) is 23.3. The summed E-state index contributed by atoms with van der Waals surface area (Å²) in [6.07, 6.45) is 6.55. The number of hydrogen-bond donors (Lipinski definition) is 1. The molecule has 2 unspecified atom stereocenters. The van der Waals surface area contributed by atoms with E-state index in [4.69, 9.17) is 5.73 Å². The van der Waals surface area contributed by atoms with Crippen LogP contribution in [0.15, 0.2) is 6.20 Å². The summed E-state index contributed by atoms with van der Waals surface area (Å²) in [5.41, 5.74) is 6.19. The second kappa shape index (κ2) is 6.14. The third-order valence-electron chi connectivity index (χ3n) is 4.05. The van der Waals surface area contributed by atoms with Crippen molar-refractivity contribution in [3.05, 3.63) is 11.9 Å². The highest BCUT2D eigenvalue weighted by Gasteiger charge is 2.27. The summed E-state index contributed by atoms with van der Waals surface area (Å²) in [7, 11) is 1.90. The van der Waals surface area contributed by atoms with Crippen molar-refractivity contribution in [3.8, 4) is 0 Å². The average Bonchev–Trinajstić information content (AvgIpc) is 2.86. The Kier molecular flexibility index (Phi) is 4.52. The van der Waals surface area contributed by atoms with Gasteiger partial charge < -0.3 is 10.6 Å². The Balaban J connectivity index is 1.94. The molecule has 6 heteroatoms. The average molecular weight is 265 g/mol. The van der Waals surface area contributed by atoms with E-state index in [0.717, 1.165) is 6.42 Å². The standard InChI is InChI=1S/C13H23N5O/c1-10-5-3-4-6-12(10)17(2)13(19)9-18-8-11(7-14)15-16-18/h8,10,12H,3-7,9,14H2,1-2H3. The predicted octanol–water partition coefficient (Wildman–Crippen LogP) is 0.774. The molecule has 19 heavy (non-hydrogen) atoms. The van der Waals surface area contributed by atoms with Crippen LogP contribution < -0.4 is 5.73 Å². The molecule has 1 aromatic rings. The Bertz CT molecular complexity index is 430. The molecule has 1 saturated carbocycles. The van der Waals surface area contributed by atoms with Crippen LogP contribution in [0, 0.1) is 5.92 Å². The van der Waals surface area contributed by atoms with E-state index < -0.39 is 0 Å². The van der Waals surface area contributed by atoms with Crippen molar-refractivity contribution in [1.29, 1.82) is 0 Å². The number of nitrogens with zero attached hydrogens (tertiary/aromatic N) is 4. The predicted molar refractivity (Wildman–Crippen MR) is 72.1 cm³/mol. The van der Waals surface area contributed by atoms with Crippen molar-refractivity contribution in [2.75, 3.05) is 7.05 Å². The van der Waals surface area contributed by atoms with E-state index in [1.54, 1.807) is 10.9 Å². The molecule has 6 nitrogen and oxygen atoms in total. The first-order valence-corrected chi connectivity index (χ1v) is 6.96. The molecule has 1 aromatic heterocycles. The van der Waals surface area contributed by atoms with Crippen molar-refractivity contribution in [3.63, 3.8) is 0 Å². The summed E-state index contributed by atoms with van der Waals surface area (Å²) in [6.45, 7) is 2.83. The van der Waals surface area contributed by atoms with Gasteiger partial charge in [0.15, 0.2) is 0 Å². The number of likely N-dealkylation sites (N-methyl/N-ethyl adjacent to an activating group) is 1. The van der Waals surface area contributed by atoms with Gasteiger partial charge in [0, 0.05) is 19.6 Å². The van der Waals surface area contributed by atoms with Gasteiger partial charge in [-0.1, -0.05) is 25.0 Å². The highest BCUT2D eigenvalue weighted by Crippen LogP contribution is 2.27. The summed E-state index contributed by atoms with van der Waals surface area (Å²) in [5, 5.41) is 7.80. The van der Waals surface area contributed by atoms with Crippen LogP contribution in [0.4, 0.5) is 0 Å². The fourth-order valence-electron chi connectivity index (χ4n) is 2.82. The Labute approximate surface area is 113 Å². The lowest BCUT2D eigenvalue weighted by Crippen LogP contribution is -2.44. The quantitative estimate of drug-likeness (QED) is 0.872. The second-order valence-electron chi connectivity index (χ2n) is 5.45. The zero-order valence-corrected chi connectivity index (χ0v) is 11.7. The molecular formula is C13H23N5O. The fourth-order valence-corrected chi connectivity index (χ4v) is 2.82. The van der Waals surface area contributed by atoms with E-state index in [0.29, 0.717) is 24.2 Å². The van der Waals surface area contributed by atoms with E-state index in [2.05, 4.69) is 17.2 Å². The summed E-state index contributed by atoms with van der Waals surface area (Å²) in [6, 6.07) is 0.360. The number of carbonyl (C=O) groups excluding carboxylic acids is 1. The minimum absolute atomic E-state index is 0.0900. The van der Waals surface area contributed by atoms with Crippen molar-refractivity contribution in [2.24, 2.45) is 11.7 Å². The summed E-state index contributed by atoms with van der Waals surface area (Å²) >= 11 is 0. The van der Waals surface area contributed by atoms with Gasteiger partial charge in [-0.05, 0) is 18.8 Å². The number of aromatic nitrogens is 3. The van der Waals surface area contributed by atoms with Gasteiger partial charge in [-0.3, -0.25) is 4.79 Å². The van der Waals surface area contributed by atoms with E-state index in [-0.39, 0.29) is 12.5 Å². The van der Waals surface area contributed by atoms with Gasteiger partial charge in [-0.25, -0.2) is 4.68 Å². The maximum atomic E-state index is 12.3. The molecule has 2 rings (SSSR count). The number of carbonyl (C=O) groups is 1. The Morgan fingerprint density at radius 3 is 2.89 bits per heavy atom. The molecule has 0 spiro atoms. The maximum Gasteiger partial charge on any atom is 0.244 e. The van der Waals surface area contributed by atoms with Crippen molar-refractivity contribution in [1.82, 2.24) is 19.9 Å². The minimum atomic E-state index is 0.0900. The molecule has 106 valence electrons. The zero-order chi connectivity index (χ0) is 13.8. The molecule has 0 saturated heterocycles. The Hall–Kier alpha value is -1.43. The van der Waals surface area contributed by atoms with Crippen molar-refractivity contribution in [2.45, 2.75) is 51.7 Å². The summed E-state index contributed by atoms with van der Waals surface area (Å²) in [5.74, 6) is 0.672. The van der Waals surface area contributed by atoms with Crippen LogP contribution in [0.25, 0.3) is 0 Å². The van der Waals surface area contributed by atoms with E-state index in [1.165, 1.54) is 19.3 Å². The highest BCUT2D eigenvalue weighted by molar-refractivity contribution is 5.76. The number of hydrogen-bond acceptors (Lipinski definition) is 4. The van der Waals surface area contributed by atoms with Crippen LogP contribution in [0.5, 0.6) is 0 Å². The maximum absolute atomic E-state index is 12.3. The first kappa shape index (κ1) is 14.0. The highest BCUT2D eigenvalue weighted by atomic mass is 16.2. The van der Waals surface area contributed by atoms with Gasteiger partial charge in [0.1, 0.15) is 6.54 Å². The smallest absolute Gasteiger partial charge is 0.244 e. The molecule has 0 radical (unpaired) electrons. The number of rotatable bonds is 4. The molecule has 0 aromatic carbocycles. The SMILES string of the molecule is CC1CCCCC1N(C)C(=O)Cn1cc(CN)nn1. The molecule has 1 amide bonds. The molecular weight excluding hydrogens is 242 g/mol. The molecule has 1 aliphatic carbocycles. The monoisotopic (exact) mass is 265 g/mol. The fraction of sp³-hybridized carbons (Fsp3) is 0.769. The zero-order valence-electron chi connectivity index (χ0n) is 11.7. The molecule has 0 bridgehead atoms. The van der Waals surface area contributed by atoms with Gasteiger partial charge >= 0.3 is 0 Å². The van der Waals surface area contributed by atoms with E-state index in [1.807, 2.05) is 11.9 Å². The van der Waals surface area contributed by atoms with Crippen LogP contribution in [-0.4, -0.2) is 38.9 Å². The lowest BCUT2D eigenvalue weighted by molar-refractivity contribution is -0.134. The molecule has 1 aliphatic rings. The van der Waals surface area contributed by atoms with Crippen LogP contribution in [-0.2, 0) is 17.9 Å². The van der Waals surface area contributed by atoms with Gasteiger partial charge in [0.2, 0.25) is 5.91 Å². The first-order chi connectivity index (χ1) is 9.11. The lowest BCUT2D eigenvalue weighted by Gasteiger charge is -2.36. The summed E-state index contributed by atoms with van der Waals surface area (Å²) < 4.78 is 1.56. The van der Waals surface area contributed by atoms with Crippen molar-refractivity contribution < 1.29 is 4.79 Å². The Morgan fingerprint density at radius 2 is 2.26 bits per heavy atom. The van der Waals surface area contributed by atoms with Crippen LogP contribution in [0.1, 0.15) is 38.3 Å². The van der Waals surface area contributed by atoms with E-state index in [9.17, 15) is 4.79 Å².